The zero-order valence-electron chi connectivity index (χ0n) is 24.2. The van der Waals surface area contributed by atoms with Crippen molar-refractivity contribution in [3.63, 3.8) is 0 Å². The summed E-state index contributed by atoms with van der Waals surface area (Å²) in [5.74, 6) is 0. The monoisotopic (exact) mass is 607 g/mol. The fraction of sp³-hybridized carbons (Fsp3) is 0. The first-order valence-electron chi connectivity index (χ1n) is 15.3. The Labute approximate surface area is 267 Å². The molecule has 45 heavy (non-hydrogen) atoms. The van der Waals surface area contributed by atoms with Gasteiger partial charge in [0.25, 0.3) is 0 Å². The molecule has 8 aromatic carbocycles. The average Bonchev–Trinajstić information content (AvgIpc) is 3.66. The highest BCUT2D eigenvalue weighted by Crippen LogP contribution is 2.44. The van der Waals surface area contributed by atoms with Crippen LogP contribution in [0.1, 0.15) is 0 Å². The highest BCUT2D eigenvalue weighted by Gasteiger charge is 2.18. The molecule has 0 radical (unpaired) electrons. The van der Waals surface area contributed by atoms with Crippen LogP contribution >= 0.6 is 22.7 Å². The molecule has 0 unspecified atom stereocenters. The van der Waals surface area contributed by atoms with Gasteiger partial charge in [-0.25, -0.2) is 0 Å². The molecule has 0 fully saturated rings. The predicted octanol–water partition coefficient (Wildman–Crippen LogP) is 13.4. The zero-order valence-corrected chi connectivity index (χ0v) is 25.8. The predicted molar refractivity (Wildman–Crippen MR) is 199 cm³/mol. The van der Waals surface area contributed by atoms with E-state index >= 15 is 0 Å². The van der Waals surface area contributed by atoms with Gasteiger partial charge < -0.3 is 4.90 Å². The molecule has 10 aromatic rings. The molecule has 2 heterocycles. The molecule has 0 aliphatic carbocycles. The summed E-state index contributed by atoms with van der Waals surface area (Å²) < 4.78 is 5.27. The van der Waals surface area contributed by atoms with E-state index in [4.69, 9.17) is 0 Å². The van der Waals surface area contributed by atoms with Gasteiger partial charge in [0, 0.05) is 57.4 Å². The van der Waals surface area contributed by atoms with Crippen molar-refractivity contribution in [1.29, 1.82) is 0 Å². The minimum Gasteiger partial charge on any atom is -0.310 e. The largest absolute Gasteiger partial charge is 0.310 e. The first kappa shape index (κ1) is 25.1. The molecular formula is C42H25NS2. The van der Waals surface area contributed by atoms with Gasteiger partial charge in [-0.15, -0.1) is 22.7 Å². The second-order valence-electron chi connectivity index (χ2n) is 11.7. The number of rotatable bonds is 3. The van der Waals surface area contributed by atoms with Crippen LogP contribution in [0.5, 0.6) is 0 Å². The van der Waals surface area contributed by atoms with Gasteiger partial charge in [-0.2, -0.15) is 0 Å². The van der Waals surface area contributed by atoms with E-state index in [0.717, 1.165) is 17.1 Å². The summed E-state index contributed by atoms with van der Waals surface area (Å²) >= 11 is 3.74. The van der Waals surface area contributed by atoms with Gasteiger partial charge in [-0.05, 0) is 86.9 Å². The van der Waals surface area contributed by atoms with Crippen LogP contribution in [-0.2, 0) is 0 Å². The Hall–Kier alpha value is -5.22. The van der Waals surface area contributed by atoms with E-state index in [1.54, 1.807) is 0 Å². The van der Waals surface area contributed by atoms with Gasteiger partial charge in [-0.1, -0.05) is 97.1 Å². The first-order chi connectivity index (χ1) is 22.3. The molecule has 0 N–H and O–H groups in total. The van der Waals surface area contributed by atoms with Crippen molar-refractivity contribution in [2.45, 2.75) is 0 Å². The van der Waals surface area contributed by atoms with Gasteiger partial charge in [0.1, 0.15) is 0 Å². The summed E-state index contributed by atoms with van der Waals surface area (Å²) in [5.41, 5.74) is 3.48. The number of fused-ring (bicyclic) bond motifs is 11. The van der Waals surface area contributed by atoms with E-state index in [2.05, 4.69) is 157 Å². The summed E-state index contributed by atoms with van der Waals surface area (Å²) in [5, 5.41) is 12.9. The Morgan fingerprint density at radius 2 is 0.756 bits per heavy atom. The standard InChI is InChI=1S/C42H25NS2/c1-2-8-31-26(7-1)14-20-33-32(31)19-15-27-13-16-28(23-37(27)33)43(29-18-22-41-38(24-29)35-10-4-6-12-40(35)44-41)30-17-21-36-34-9-3-5-11-39(34)45-42(36)25-30/h1-25H. The summed E-state index contributed by atoms with van der Waals surface area (Å²) in [4.78, 5) is 2.44. The van der Waals surface area contributed by atoms with Gasteiger partial charge in [0.2, 0.25) is 0 Å². The summed E-state index contributed by atoms with van der Waals surface area (Å²) in [6, 6.07) is 56.1. The van der Waals surface area contributed by atoms with Crippen LogP contribution in [0.3, 0.4) is 0 Å². The molecule has 0 aliphatic rings. The van der Waals surface area contributed by atoms with Crippen molar-refractivity contribution in [1.82, 2.24) is 0 Å². The van der Waals surface area contributed by atoms with Crippen LogP contribution in [0.4, 0.5) is 17.1 Å². The Kier molecular flexibility index (Phi) is 5.39. The number of thiophene rings is 2. The lowest BCUT2D eigenvalue weighted by Crippen LogP contribution is -2.09. The molecule has 210 valence electrons. The Bertz CT molecular complexity index is 2780. The Balaban J connectivity index is 1.24. The van der Waals surface area contributed by atoms with Crippen molar-refractivity contribution in [3.05, 3.63) is 152 Å². The number of anilines is 3. The molecular weight excluding hydrogens is 583 g/mol. The number of hydrogen-bond acceptors (Lipinski definition) is 3. The molecule has 0 aliphatic heterocycles. The number of hydrogen-bond donors (Lipinski definition) is 0. The highest BCUT2D eigenvalue weighted by molar-refractivity contribution is 7.26. The quantitative estimate of drug-likeness (QED) is 0.181. The maximum absolute atomic E-state index is 2.44. The van der Waals surface area contributed by atoms with Crippen LogP contribution in [0.2, 0.25) is 0 Å². The van der Waals surface area contributed by atoms with E-state index in [1.807, 2.05) is 22.7 Å². The molecule has 0 amide bonds. The van der Waals surface area contributed by atoms with Crippen LogP contribution in [0, 0.1) is 0 Å². The van der Waals surface area contributed by atoms with Crippen LogP contribution in [0.15, 0.2) is 152 Å². The molecule has 0 atom stereocenters. The van der Waals surface area contributed by atoms with E-state index < -0.39 is 0 Å². The SMILES string of the molecule is c1ccc2c(c1)ccc1c3cc(N(c4ccc5c(c4)sc4ccccc45)c4ccc5sc6ccccc6c5c4)ccc3ccc21. The van der Waals surface area contributed by atoms with Crippen molar-refractivity contribution >= 4 is 112 Å². The Morgan fingerprint density at radius 3 is 1.56 bits per heavy atom. The minimum atomic E-state index is 1.16. The normalized spacial score (nSPS) is 12.0. The van der Waals surface area contributed by atoms with E-state index in [0.29, 0.717) is 0 Å². The lowest BCUT2D eigenvalue weighted by molar-refractivity contribution is 1.30. The summed E-state index contributed by atoms with van der Waals surface area (Å²) in [6.45, 7) is 0. The smallest absolute Gasteiger partial charge is 0.0476 e. The Morgan fingerprint density at radius 1 is 0.289 bits per heavy atom. The summed E-state index contributed by atoms with van der Waals surface area (Å²) in [6.07, 6.45) is 0. The van der Waals surface area contributed by atoms with Crippen molar-refractivity contribution in [2.24, 2.45) is 0 Å². The second kappa shape index (κ2) is 9.64. The third-order valence-electron chi connectivity index (χ3n) is 9.22. The first-order valence-corrected chi connectivity index (χ1v) is 16.9. The minimum absolute atomic E-state index is 1.16. The summed E-state index contributed by atoms with van der Waals surface area (Å²) in [7, 11) is 0. The van der Waals surface area contributed by atoms with Crippen LogP contribution in [-0.4, -0.2) is 0 Å². The molecule has 0 saturated carbocycles. The van der Waals surface area contributed by atoms with Crippen LogP contribution in [0.25, 0.3) is 72.7 Å². The van der Waals surface area contributed by atoms with Gasteiger partial charge in [0.15, 0.2) is 0 Å². The van der Waals surface area contributed by atoms with E-state index in [1.165, 1.54) is 72.7 Å². The fourth-order valence-corrected chi connectivity index (χ4v) is 9.32. The van der Waals surface area contributed by atoms with Gasteiger partial charge >= 0.3 is 0 Å². The third-order valence-corrected chi connectivity index (χ3v) is 11.5. The number of nitrogens with zero attached hydrogens (tertiary/aromatic N) is 1. The molecule has 1 nitrogen and oxygen atoms in total. The molecule has 0 spiro atoms. The third kappa shape index (κ3) is 3.85. The van der Waals surface area contributed by atoms with Crippen LogP contribution < -0.4 is 4.90 Å². The van der Waals surface area contributed by atoms with E-state index in [-0.39, 0.29) is 0 Å². The maximum Gasteiger partial charge on any atom is 0.0476 e. The lowest BCUT2D eigenvalue weighted by atomic mass is 9.96. The highest BCUT2D eigenvalue weighted by atomic mass is 32.1. The fourth-order valence-electron chi connectivity index (χ4n) is 7.10. The van der Waals surface area contributed by atoms with Crippen molar-refractivity contribution in [2.75, 3.05) is 4.90 Å². The average molecular weight is 608 g/mol. The van der Waals surface area contributed by atoms with Gasteiger partial charge in [-0.3, -0.25) is 0 Å². The zero-order chi connectivity index (χ0) is 29.5. The topological polar surface area (TPSA) is 3.24 Å². The van der Waals surface area contributed by atoms with Crippen molar-refractivity contribution in [3.8, 4) is 0 Å². The molecule has 0 saturated heterocycles. The van der Waals surface area contributed by atoms with E-state index in [9.17, 15) is 0 Å². The lowest BCUT2D eigenvalue weighted by Gasteiger charge is -2.26. The number of benzene rings is 8. The molecule has 0 bridgehead atoms. The van der Waals surface area contributed by atoms with Crippen molar-refractivity contribution < 1.29 is 0 Å². The second-order valence-corrected chi connectivity index (χ2v) is 13.9. The molecule has 3 heteroatoms. The van der Waals surface area contributed by atoms with Gasteiger partial charge in [0.05, 0.1) is 0 Å². The molecule has 10 rings (SSSR count). The maximum atomic E-state index is 2.44. The molecule has 2 aromatic heterocycles.